The van der Waals surface area contributed by atoms with Crippen molar-refractivity contribution in [3.8, 4) is 5.75 Å². The Morgan fingerprint density at radius 3 is 2.44 bits per heavy atom. The maximum absolute atomic E-state index is 13.2. The first-order valence-corrected chi connectivity index (χ1v) is 11.9. The smallest absolute Gasteiger partial charge is 0.309 e. The monoisotopic (exact) mass is 459 g/mol. The number of rotatable bonds is 7. The zero-order valence-electron chi connectivity index (χ0n) is 18.6. The van der Waals surface area contributed by atoms with Gasteiger partial charge in [-0.05, 0) is 61.6 Å². The number of amides is 2. The highest BCUT2D eigenvalue weighted by Gasteiger charge is 2.36. The van der Waals surface area contributed by atoms with Crippen molar-refractivity contribution in [2.24, 2.45) is 0 Å². The fraction of sp³-hybridized carbons (Fsp3) is 0.391. The van der Waals surface area contributed by atoms with Crippen molar-refractivity contribution in [1.82, 2.24) is 14.9 Å². The lowest BCUT2D eigenvalue weighted by Gasteiger charge is -2.25. The first-order chi connectivity index (χ1) is 15.2. The molecule has 0 bridgehead atoms. The van der Waals surface area contributed by atoms with Gasteiger partial charge in [-0.25, -0.2) is 8.42 Å². The van der Waals surface area contributed by atoms with Gasteiger partial charge >= 0.3 is 11.8 Å². The summed E-state index contributed by atoms with van der Waals surface area (Å²) in [6.45, 7) is 4.29. The van der Waals surface area contributed by atoms with E-state index in [9.17, 15) is 18.0 Å². The molecule has 1 saturated heterocycles. The normalized spacial score (nSPS) is 16.5. The van der Waals surface area contributed by atoms with Crippen LogP contribution in [-0.4, -0.2) is 50.8 Å². The summed E-state index contributed by atoms with van der Waals surface area (Å²) in [5.41, 5.74) is 2.38. The summed E-state index contributed by atoms with van der Waals surface area (Å²) in [6, 6.07) is 12.1. The third-order valence-corrected chi connectivity index (χ3v) is 7.66. The Kier molecular flexibility index (Phi) is 7.52. The van der Waals surface area contributed by atoms with Gasteiger partial charge in [-0.2, -0.15) is 4.31 Å². The zero-order chi connectivity index (χ0) is 23.3. The quantitative estimate of drug-likeness (QED) is 0.616. The van der Waals surface area contributed by atoms with Gasteiger partial charge in [0.15, 0.2) is 0 Å². The van der Waals surface area contributed by atoms with Crippen molar-refractivity contribution < 1.29 is 22.7 Å². The average molecular weight is 460 g/mol. The Hall–Kier alpha value is -2.91. The van der Waals surface area contributed by atoms with Crippen LogP contribution in [0.4, 0.5) is 0 Å². The number of carbonyl (C=O) groups excluding carboxylic acids is 2. The van der Waals surface area contributed by atoms with Crippen LogP contribution in [0, 0.1) is 13.8 Å². The molecule has 0 spiro atoms. The van der Waals surface area contributed by atoms with E-state index >= 15 is 0 Å². The standard InChI is InChI=1S/C23H29N3O5S/c1-16-6-7-17(2)21(13-16)32(29,30)26-12-4-5-19(26)15-25-23(28)22(27)24-14-18-8-10-20(31-3)11-9-18/h6-11,13,19H,4-5,12,14-15H2,1-3H3,(H,24,27)(H,25,28)/t19-/m0/s1. The third kappa shape index (κ3) is 5.46. The van der Waals surface area contributed by atoms with Crippen molar-refractivity contribution in [3.63, 3.8) is 0 Å². The van der Waals surface area contributed by atoms with Crippen LogP contribution in [0.15, 0.2) is 47.4 Å². The van der Waals surface area contributed by atoms with Crippen LogP contribution in [0.3, 0.4) is 0 Å². The van der Waals surface area contributed by atoms with Crippen molar-refractivity contribution in [2.45, 2.75) is 44.2 Å². The van der Waals surface area contributed by atoms with Crippen molar-refractivity contribution in [3.05, 3.63) is 59.2 Å². The highest BCUT2D eigenvalue weighted by Crippen LogP contribution is 2.28. The van der Waals surface area contributed by atoms with Crippen molar-refractivity contribution in [1.29, 1.82) is 0 Å². The number of benzene rings is 2. The van der Waals surface area contributed by atoms with E-state index in [1.54, 1.807) is 50.4 Å². The second-order valence-corrected chi connectivity index (χ2v) is 9.78. The molecule has 2 N–H and O–H groups in total. The summed E-state index contributed by atoms with van der Waals surface area (Å²) in [6.07, 6.45) is 1.33. The topological polar surface area (TPSA) is 105 Å². The van der Waals surface area contributed by atoms with E-state index in [1.807, 2.05) is 13.0 Å². The first-order valence-electron chi connectivity index (χ1n) is 10.5. The molecule has 0 aromatic heterocycles. The Labute approximate surface area is 189 Å². The summed E-state index contributed by atoms with van der Waals surface area (Å²) in [4.78, 5) is 24.7. The molecule has 0 aliphatic carbocycles. The van der Waals surface area contributed by atoms with Gasteiger partial charge in [-0.15, -0.1) is 0 Å². The zero-order valence-corrected chi connectivity index (χ0v) is 19.4. The largest absolute Gasteiger partial charge is 0.497 e. The molecule has 0 saturated carbocycles. The average Bonchev–Trinajstić information content (AvgIpc) is 3.27. The molecule has 1 heterocycles. The number of hydrogen-bond donors (Lipinski definition) is 2. The molecule has 32 heavy (non-hydrogen) atoms. The molecular formula is C23H29N3O5S. The predicted molar refractivity (Wildman–Crippen MR) is 121 cm³/mol. The van der Waals surface area contributed by atoms with Crippen LogP contribution < -0.4 is 15.4 Å². The van der Waals surface area contributed by atoms with Gasteiger partial charge in [0.25, 0.3) is 0 Å². The summed E-state index contributed by atoms with van der Waals surface area (Å²) in [7, 11) is -2.12. The molecule has 0 unspecified atom stereocenters. The molecule has 1 aliphatic rings. The van der Waals surface area contributed by atoms with Gasteiger partial charge in [-0.3, -0.25) is 9.59 Å². The number of nitrogens with zero attached hydrogens (tertiary/aromatic N) is 1. The van der Waals surface area contributed by atoms with Crippen LogP contribution in [0.25, 0.3) is 0 Å². The first kappa shape index (κ1) is 23.7. The van der Waals surface area contributed by atoms with Gasteiger partial charge in [0.05, 0.1) is 12.0 Å². The van der Waals surface area contributed by atoms with Crippen LogP contribution in [-0.2, 0) is 26.2 Å². The van der Waals surface area contributed by atoms with E-state index in [2.05, 4.69) is 10.6 Å². The van der Waals surface area contributed by atoms with Crippen LogP contribution in [0.2, 0.25) is 0 Å². The summed E-state index contributed by atoms with van der Waals surface area (Å²) in [5, 5.41) is 5.15. The molecular weight excluding hydrogens is 430 g/mol. The number of hydrogen-bond acceptors (Lipinski definition) is 5. The van der Waals surface area contributed by atoms with Gasteiger partial charge < -0.3 is 15.4 Å². The fourth-order valence-electron chi connectivity index (χ4n) is 3.74. The molecule has 0 radical (unpaired) electrons. The predicted octanol–water partition coefficient (Wildman–Crippen LogP) is 1.90. The number of methoxy groups -OCH3 is 1. The maximum Gasteiger partial charge on any atom is 0.309 e. The lowest BCUT2D eigenvalue weighted by atomic mass is 10.2. The Morgan fingerprint density at radius 2 is 1.75 bits per heavy atom. The van der Waals surface area contributed by atoms with E-state index in [0.29, 0.717) is 30.7 Å². The fourth-order valence-corrected chi connectivity index (χ4v) is 5.74. The minimum absolute atomic E-state index is 0.0822. The van der Waals surface area contributed by atoms with Gasteiger partial charge in [0.2, 0.25) is 10.0 Å². The van der Waals surface area contributed by atoms with Crippen LogP contribution in [0.1, 0.15) is 29.5 Å². The SMILES string of the molecule is COc1ccc(CNC(=O)C(=O)NC[C@@H]2CCCN2S(=O)(=O)c2cc(C)ccc2C)cc1. The van der Waals surface area contributed by atoms with E-state index in [0.717, 1.165) is 11.1 Å². The molecule has 3 rings (SSSR count). The number of sulfonamides is 1. The minimum atomic E-state index is -3.69. The lowest BCUT2D eigenvalue weighted by Crippen LogP contribution is -2.46. The molecule has 1 atom stereocenters. The summed E-state index contributed by atoms with van der Waals surface area (Å²) >= 11 is 0. The summed E-state index contributed by atoms with van der Waals surface area (Å²) in [5.74, 6) is -0.841. The van der Waals surface area contributed by atoms with Gasteiger partial charge in [0, 0.05) is 25.7 Å². The number of carbonyl (C=O) groups is 2. The van der Waals surface area contributed by atoms with Gasteiger partial charge in [-0.1, -0.05) is 24.3 Å². The van der Waals surface area contributed by atoms with E-state index in [4.69, 9.17) is 4.74 Å². The maximum atomic E-state index is 13.2. The summed E-state index contributed by atoms with van der Waals surface area (Å²) < 4.78 is 33.0. The second-order valence-electron chi connectivity index (χ2n) is 7.92. The molecule has 2 amide bonds. The Bertz CT molecular complexity index is 1080. The minimum Gasteiger partial charge on any atom is -0.497 e. The van der Waals surface area contributed by atoms with Crippen molar-refractivity contribution >= 4 is 21.8 Å². The molecule has 8 nitrogen and oxygen atoms in total. The van der Waals surface area contributed by atoms with Crippen molar-refractivity contribution in [2.75, 3.05) is 20.2 Å². The van der Waals surface area contributed by atoms with Crippen LogP contribution >= 0.6 is 0 Å². The molecule has 9 heteroatoms. The Morgan fingerprint density at radius 1 is 1.06 bits per heavy atom. The molecule has 1 fully saturated rings. The lowest BCUT2D eigenvalue weighted by molar-refractivity contribution is -0.139. The Balaban J connectivity index is 1.57. The molecule has 172 valence electrons. The van der Waals surface area contributed by atoms with E-state index < -0.39 is 27.9 Å². The number of nitrogens with one attached hydrogen (secondary N) is 2. The third-order valence-electron chi connectivity index (χ3n) is 5.57. The number of ether oxygens (including phenoxy) is 1. The second kappa shape index (κ2) is 10.1. The molecule has 1 aliphatic heterocycles. The van der Waals surface area contributed by atoms with Crippen LogP contribution in [0.5, 0.6) is 5.75 Å². The molecule has 2 aromatic rings. The van der Waals surface area contributed by atoms with E-state index in [-0.39, 0.29) is 18.0 Å². The van der Waals surface area contributed by atoms with Gasteiger partial charge in [0.1, 0.15) is 5.75 Å². The highest BCUT2D eigenvalue weighted by atomic mass is 32.2. The van der Waals surface area contributed by atoms with E-state index in [1.165, 1.54) is 4.31 Å². The molecule has 2 aromatic carbocycles. The highest BCUT2D eigenvalue weighted by molar-refractivity contribution is 7.89. The number of aryl methyl sites for hydroxylation is 2.